The summed E-state index contributed by atoms with van der Waals surface area (Å²) in [6.07, 6.45) is 0. The van der Waals surface area contributed by atoms with Gasteiger partial charge in [-0.1, -0.05) is 41.9 Å². The zero-order valence-corrected chi connectivity index (χ0v) is 16.6. The van der Waals surface area contributed by atoms with Crippen LogP contribution >= 0.6 is 11.6 Å². The Hall–Kier alpha value is -3.31. The molecule has 0 bridgehead atoms. The Labute approximate surface area is 173 Å². The van der Waals surface area contributed by atoms with E-state index in [0.717, 1.165) is 16.8 Å². The molecule has 6 heteroatoms. The van der Waals surface area contributed by atoms with Gasteiger partial charge in [0.25, 0.3) is 0 Å². The van der Waals surface area contributed by atoms with Crippen molar-refractivity contribution in [1.82, 2.24) is 9.78 Å². The third-order valence-corrected chi connectivity index (χ3v) is 4.69. The Bertz CT molecular complexity index is 1150. The summed E-state index contributed by atoms with van der Waals surface area (Å²) < 4.78 is 13.0. The predicted molar refractivity (Wildman–Crippen MR) is 113 cm³/mol. The van der Waals surface area contributed by atoms with E-state index in [2.05, 4.69) is 11.2 Å². The largest absolute Gasteiger partial charge is 0.492 e. The summed E-state index contributed by atoms with van der Waals surface area (Å²) in [5.41, 5.74) is 1.18. The van der Waals surface area contributed by atoms with E-state index in [0.29, 0.717) is 29.6 Å². The quantitative estimate of drug-likeness (QED) is 0.408. The monoisotopic (exact) mass is 406 g/mol. The summed E-state index contributed by atoms with van der Waals surface area (Å²) in [7, 11) is 0. The number of benzene rings is 3. The van der Waals surface area contributed by atoms with Crippen LogP contribution in [0.15, 0.2) is 72.8 Å². The molecule has 0 saturated carbocycles. The van der Waals surface area contributed by atoms with Gasteiger partial charge in [-0.25, -0.2) is 9.48 Å². The van der Waals surface area contributed by atoms with Gasteiger partial charge in [-0.2, -0.15) is 5.10 Å². The van der Waals surface area contributed by atoms with E-state index in [4.69, 9.17) is 21.1 Å². The SMILES string of the molecule is Cc1cc(OC(=O)c2ccc(Cl)cc2)n(CCOc2ccc3ccccc3c2)n1. The van der Waals surface area contributed by atoms with Gasteiger partial charge >= 0.3 is 5.97 Å². The van der Waals surface area contributed by atoms with Crippen LogP contribution < -0.4 is 9.47 Å². The highest BCUT2D eigenvalue weighted by atomic mass is 35.5. The fraction of sp³-hybridized carbons (Fsp3) is 0.130. The summed E-state index contributed by atoms with van der Waals surface area (Å²) in [6, 6.07) is 22.4. The highest BCUT2D eigenvalue weighted by Crippen LogP contribution is 2.21. The first-order valence-electron chi connectivity index (χ1n) is 9.22. The molecule has 0 N–H and O–H groups in total. The summed E-state index contributed by atoms with van der Waals surface area (Å²) in [5, 5.41) is 7.24. The Morgan fingerprint density at radius 3 is 2.55 bits per heavy atom. The molecule has 5 nitrogen and oxygen atoms in total. The van der Waals surface area contributed by atoms with Crippen LogP contribution in [0.4, 0.5) is 0 Å². The summed E-state index contributed by atoms with van der Waals surface area (Å²) in [6.45, 7) is 2.69. The van der Waals surface area contributed by atoms with Crippen molar-refractivity contribution in [2.24, 2.45) is 0 Å². The van der Waals surface area contributed by atoms with Gasteiger partial charge in [-0.15, -0.1) is 0 Å². The van der Waals surface area contributed by atoms with Crippen LogP contribution in [0, 0.1) is 6.92 Å². The maximum atomic E-state index is 12.4. The number of hydrogen-bond donors (Lipinski definition) is 0. The van der Waals surface area contributed by atoms with E-state index < -0.39 is 5.97 Å². The Morgan fingerprint density at radius 1 is 1.00 bits per heavy atom. The molecular weight excluding hydrogens is 388 g/mol. The van der Waals surface area contributed by atoms with E-state index in [-0.39, 0.29) is 0 Å². The first-order chi connectivity index (χ1) is 14.1. The van der Waals surface area contributed by atoms with Gasteiger partial charge in [0.05, 0.1) is 17.8 Å². The fourth-order valence-electron chi connectivity index (χ4n) is 3.01. The van der Waals surface area contributed by atoms with Gasteiger partial charge in [0.15, 0.2) is 0 Å². The summed E-state index contributed by atoms with van der Waals surface area (Å²) >= 11 is 5.86. The van der Waals surface area contributed by atoms with Crippen molar-refractivity contribution >= 4 is 28.3 Å². The Balaban J connectivity index is 1.41. The fourth-order valence-corrected chi connectivity index (χ4v) is 3.14. The third-order valence-electron chi connectivity index (χ3n) is 4.44. The normalized spacial score (nSPS) is 10.8. The molecule has 0 aliphatic rings. The maximum absolute atomic E-state index is 12.4. The van der Waals surface area contributed by atoms with Crippen molar-refractivity contribution < 1.29 is 14.3 Å². The molecule has 0 amide bonds. The molecule has 0 fully saturated rings. The van der Waals surface area contributed by atoms with Crippen LogP contribution in [-0.2, 0) is 6.54 Å². The topological polar surface area (TPSA) is 53.4 Å². The lowest BCUT2D eigenvalue weighted by molar-refractivity contribution is 0.0716. The standard InChI is InChI=1S/C23H19ClN2O3/c1-16-14-22(29-23(27)18-6-9-20(24)10-7-18)26(25-16)12-13-28-21-11-8-17-4-2-3-5-19(17)15-21/h2-11,14-15H,12-13H2,1H3. The molecular formula is C23H19ClN2O3. The number of hydrogen-bond acceptors (Lipinski definition) is 4. The lowest BCUT2D eigenvalue weighted by Gasteiger charge is -2.10. The molecule has 0 aliphatic heterocycles. The van der Waals surface area contributed by atoms with Crippen molar-refractivity contribution in [3.63, 3.8) is 0 Å². The molecule has 29 heavy (non-hydrogen) atoms. The van der Waals surface area contributed by atoms with Gasteiger partial charge in [0.2, 0.25) is 5.88 Å². The first-order valence-corrected chi connectivity index (χ1v) is 9.60. The number of nitrogens with zero attached hydrogens (tertiary/aromatic N) is 2. The van der Waals surface area contributed by atoms with E-state index in [1.54, 1.807) is 35.0 Å². The van der Waals surface area contributed by atoms with Gasteiger partial charge in [0, 0.05) is 11.1 Å². The van der Waals surface area contributed by atoms with Crippen LogP contribution in [-0.4, -0.2) is 22.4 Å². The van der Waals surface area contributed by atoms with Crippen LogP contribution in [0.5, 0.6) is 11.6 Å². The minimum absolute atomic E-state index is 0.379. The maximum Gasteiger partial charge on any atom is 0.344 e. The first kappa shape index (κ1) is 19.0. The number of aryl methyl sites for hydroxylation is 1. The van der Waals surface area contributed by atoms with Crippen LogP contribution in [0.1, 0.15) is 16.1 Å². The van der Waals surface area contributed by atoms with Crippen LogP contribution in [0.25, 0.3) is 10.8 Å². The van der Waals surface area contributed by atoms with Crippen molar-refractivity contribution in [2.45, 2.75) is 13.5 Å². The number of halogens is 1. The smallest absolute Gasteiger partial charge is 0.344 e. The summed E-state index contributed by atoms with van der Waals surface area (Å²) in [5.74, 6) is 0.704. The number of esters is 1. The number of carbonyl (C=O) groups is 1. The van der Waals surface area contributed by atoms with Gasteiger partial charge in [0.1, 0.15) is 12.4 Å². The molecule has 0 unspecified atom stereocenters. The zero-order chi connectivity index (χ0) is 20.2. The molecule has 4 aromatic rings. The van der Waals surface area contributed by atoms with Crippen molar-refractivity contribution in [1.29, 1.82) is 0 Å². The number of ether oxygens (including phenoxy) is 2. The second kappa shape index (κ2) is 8.37. The molecule has 1 heterocycles. The molecule has 0 saturated heterocycles. The zero-order valence-electron chi connectivity index (χ0n) is 15.8. The third kappa shape index (κ3) is 4.58. The minimum atomic E-state index is -0.460. The van der Waals surface area contributed by atoms with E-state index >= 15 is 0 Å². The molecule has 0 aliphatic carbocycles. The average molecular weight is 407 g/mol. The molecule has 1 aromatic heterocycles. The molecule has 0 radical (unpaired) electrons. The number of rotatable bonds is 6. The Morgan fingerprint density at radius 2 is 1.76 bits per heavy atom. The lowest BCUT2D eigenvalue weighted by Crippen LogP contribution is -2.15. The van der Waals surface area contributed by atoms with Gasteiger partial charge < -0.3 is 9.47 Å². The second-order valence-corrected chi connectivity index (χ2v) is 7.04. The number of aromatic nitrogens is 2. The molecule has 3 aromatic carbocycles. The molecule has 4 rings (SSSR count). The molecule has 0 atom stereocenters. The van der Waals surface area contributed by atoms with Gasteiger partial charge in [-0.3, -0.25) is 0 Å². The van der Waals surface area contributed by atoms with Crippen molar-refractivity contribution in [3.8, 4) is 11.6 Å². The van der Waals surface area contributed by atoms with Crippen molar-refractivity contribution in [2.75, 3.05) is 6.61 Å². The molecule has 146 valence electrons. The minimum Gasteiger partial charge on any atom is -0.492 e. The van der Waals surface area contributed by atoms with Crippen LogP contribution in [0.3, 0.4) is 0 Å². The highest BCUT2D eigenvalue weighted by Gasteiger charge is 2.14. The van der Waals surface area contributed by atoms with Crippen LogP contribution in [0.2, 0.25) is 5.02 Å². The summed E-state index contributed by atoms with van der Waals surface area (Å²) in [4.78, 5) is 12.4. The van der Waals surface area contributed by atoms with E-state index in [1.807, 2.05) is 43.3 Å². The highest BCUT2D eigenvalue weighted by molar-refractivity contribution is 6.30. The van der Waals surface area contributed by atoms with E-state index in [1.165, 1.54) is 5.39 Å². The number of fused-ring (bicyclic) bond motifs is 1. The predicted octanol–water partition coefficient (Wildman–Crippen LogP) is 5.30. The second-order valence-electron chi connectivity index (χ2n) is 6.60. The Kier molecular flexibility index (Phi) is 5.49. The molecule has 0 spiro atoms. The van der Waals surface area contributed by atoms with E-state index in [9.17, 15) is 4.79 Å². The number of carbonyl (C=O) groups excluding carboxylic acids is 1. The van der Waals surface area contributed by atoms with Crippen molar-refractivity contribution in [3.05, 3.63) is 89.1 Å². The van der Waals surface area contributed by atoms with Gasteiger partial charge in [-0.05, 0) is 54.1 Å². The lowest BCUT2D eigenvalue weighted by atomic mass is 10.1. The average Bonchev–Trinajstić information content (AvgIpc) is 3.07.